The van der Waals surface area contributed by atoms with E-state index in [2.05, 4.69) is 9.97 Å². The number of ether oxygens (including phenoxy) is 1. The molecular weight excluding hydrogens is 257 g/mol. The van der Waals surface area contributed by atoms with Crippen LogP contribution >= 0.6 is 0 Å². The lowest BCUT2D eigenvalue weighted by atomic mass is 10.2. The molecule has 0 aliphatic carbocycles. The van der Waals surface area contributed by atoms with Crippen LogP contribution in [0.1, 0.15) is 5.56 Å². The molecule has 7 nitrogen and oxygen atoms in total. The zero-order chi connectivity index (χ0) is 13.8. The highest BCUT2D eigenvalue weighted by molar-refractivity contribution is 5.37. The van der Waals surface area contributed by atoms with Gasteiger partial charge in [-0.15, -0.1) is 0 Å². The maximum absolute atomic E-state index is 13.3. The van der Waals surface area contributed by atoms with Crippen molar-refractivity contribution in [2.24, 2.45) is 0 Å². The lowest BCUT2D eigenvalue weighted by Crippen LogP contribution is -2.14. The minimum atomic E-state index is -0.927. The van der Waals surface area contributed by atoms with Gasteiger partial charge in [-0.2, -0.15) is 4.98 Å². The number of rotatable bonds is 4. The van der Waals surface area contributed by atoms with Crippen LogP contribution in [0.5, 0.6) is 5.88 Å². The predicted octanol–water partition coefficient (Wildman–Crippen LogP) is 1.40. The third-order valence-electron chi connectivity index (χ3n) is 2.30. The van der Waals surface area contributed by atoms with Gasteiger partial charge in [0.25, 0.3) is 0 Å². The molecule has 1 heterocycles. The molecule has 0 aliphatic heterocycles. The highest BCUT2D eigenvalue weighted by atomic mass is 19.1. The van der Waals surface area contributed by atoms with Crippen LogP contribution in [0.15, 0.2) is 35.4 Å². The third-order valence-corrected chi connectivity index (χ3v) is 2.30. The van der Waals surface area contributed by atoms with E-state index in [1.165, 1.54) is 18.2 Å². The number of nitrogens with zero attached hydrogens (tertiary/aromatic N) is 2. The molecule has 1 aromatic heterocycles. The van der Waals surface area contributed by atoms with Crippen LogP contribution < -0.4 is 10.3 Å². The normalized spacial score (nSPS) is 10.2. The zero-order valence-corrected chi connectivity index (χ0v) is 9.50. The number of benzene rings is 1. The Hall–Kier alpha value is -2.77. The first-order chi connectivity index (χ1) is 9.09. The van der Waals surface area contributed by atoms with E-state index in [0.29, 0.717) is 0 Å². The van der Waals surface area contributed by atoms with Gasteiger partial charge in [0, 0.05) is 5.56 Å². The fraction of sp³-hybridized carbons (Fsp3) is 0.0909. The second-order valence-electron chi connectivity index (χ2n) is 3.52. The van der Waals surface area contributed by atoms with Crippen molar-refractivity contribution in [3.05, 3.63) is 62.4 Å². The maximum Gasteiger partial charge on any atom is 0.395 e. The summed E-state index contributed by atoms with van der Waals surface area (Å²) < 4.78 is 18.4. The molecule has 0 amide bonds. The van der Waals surface area contributed by atoms with Crippen molar-refractivity contribution < 1.29 is 14.1 Å². The molecule has 0 unspecified atom stereocenters. The van der Waals surface area contributed by atoms with Crippen LogP contribution in [0.3, 0.4) is 0 Å². The standard InChI is InChI=1S/C11H8FN3O4/c12-8-4-2-1-3-7(8)5-19-11-9(15(17)18)10(16)13-6-14-11/h1-4,6H,5H2,(H,13,14,16). The van der Waals surface area contributed by atoms with Crippen LogP contribution in [0.4, 0.5) is 10.1 Å². The van der Waals surface area contributed by atoms with Gasteiger partial charge in [0.2, 0.25) is 0 Å². The molecule has 1 N–H and O–H groups in total. The van der Waals surface area contributed by atoms with E-state index in [1.807, 2.05) is 0 Å². The van der Waals surface area contributed by atoms with Gasteiger partial charge >= 0.3 is 17.1 Å². The summed E-state index contributed by atoms with van der Waals surface area (Å²) >= 11 is 0. The van der Waals surface area contributed by atoms with Crippen molar-refractivity contribution in [2.75, 3.05) is 0 Å². The van der Waals surface area contributed by atoms with E-state index in [9.17, 15) is 19.3 Å². The SMILES string of the molecule is O=c1[nH]cnc(OCc2ccccc2F)c1[N+](=O)[O-]. The number of aromatic nitrogens is 2. The molecule has 2 aromatic rings. The number of nitro groups is 1. The number of halogens is 1. The predicted molar refractivity (Wildman–Crippen MR) is 62.2 cm³/mol. The van der Waals surface area contributed by atoms with E-state index in [4.69, 9.17) is 4.74 Å². The Balaban J connectivity index is 2.26. The van der Waals surface area contributed by atoms with Crippen LogP contribution in [0.2, 0.25) is 0 Å². The topological polar surface area (TPSA) is 98.1 Å². The van der Waals surface area contributed by atoms with Crippen LogP contribution in [0.25, 0.3) is 0 Å². The van der Waals surface area contributed by atoms with Crippen LogP contribution in [-0.2, 0) is 6.61 Å². The molecule has 2 rings (SSSR count). The third kappa shape index (κ3) is 2.73. The van der Waals surface area contributed by atoms with Gasteiger partial charge in [0.15, 0.2) is 0 Å². The average Bonchev–Trinajstić information content (AvgIpc) is 2.37. The number of hydrogen-bond acceptors (Lipinski definition) is 5. The van der Waals surface area contributed by atoms with E-state index >= 15 is 0 Å². The minimum absolute atomic E-state index is 0.207. The minimum Gasteiger partial charge on any atom is -0.468 e. The lowest BCUT2D eigenvalue weighted by Gasteiger charge is -2.05. The summed E-state index contributed by atoms with van der Waals surface area (Å²) in [6, 6.07) is 5.81. The van der Waals surface area contributed by atoms with Gasteiger partial charge in [-0.1, -0.05) is 18.2 Å². The number of aromatic amines is 1. The summed E-state index contributed by atoms with van der Waals surface area (Å²) in [7, 11) is 0. The van der Waals surface area contributed by atoms with Crippen molar-refractivity contribution in [1.29, 1.82) is 0 Å². The van der Waals surface area contributed by atoms with Crippen molar-refractivity contribution in [3.8, 4) is 5.88 Å². The summed E-state index contributed by atoms with van der Waals surface area (Å²) in [5, 5.41) is 10.7. The molecule has 0 fully saturated rings. The highest BCUT2D eigenvalue weighted by Gasteiger charge is 2.22. The molecule has 0 spiro atoms. The summed E-state index contributed by atoms with van der Waals surface area (Å²) in [6.07, 6.45) is 0.978. The maximum atomic E-state index is 13.3. The Morgan fingerprint density at radius 1 is 1.42 bits per heavy atom. The first kappa shape index (κ1) is 12.7. The Labute approximate surface area is 105 Å². The Morgan fingerprint density at radius 2 is 2.16 bits per heavy atom. The monoisotopic (exact) mass is 265 g/mol. The molecule has 0 atom stereocenters. The average molecular weight is 265 g/mol. The van der Waals surface area contributed by atoms with Crippen molar-refractivity contribution in [2.45, 2.75) is 6.61 Å². The van der Waals surface area contributed by atoms with Gasteiger partial charge < -0.3 is 9.72 Å². The van der Waals surface area contributed by atoms with Gasteiger partial charge in [-0.25, -0.2) is 4.39 Å². The van der Waals surface area contributed by atoms with Gasteiger partial charge in [-0.05, 0) is 6.07 Å². The van der Waals surface area contributed by atoms with Gasteiger partial charge in [0.1, 0.15) is 12.4 Å². The molecule has 0 aliphatic rings. The second-order valence-corrected chi connectivity index (χ2v) is 3.52. The molecule has 0 saturated carbocycles. The highest BCUT2D eigenvalue weighted by Crippen LogP contribution is 2.19. The van der Waals surface area contributed by atoms with E-state index < -0.39 is 27.9 Å². The molecule has 8 heteroatoms. The largest absolute Gasteiger partial charge is 0.468 e. The van der Waals surface area contributed by atoms with Crippen LogP contribution in [0, 0.1) is 15.9 Å². The molecular formula is C11H8FN3O4. The van der Waals surface area contributed by atoms with Gasteiger partial charge in [-0.3, -0.25) is 14.9 Å². The van der Waals surface area contributed by atoms with Crippen molar-refractivity contribution >= 4 is 5.69 Å². The number of nitrogens with one attached hydrogen (secondary N) is 1. The summed E-state index contributed by atoms with van der Waals surface area (Å²) in [5.74, 6) is -0.952. The molecule has 1 aromatic carbocycles. The zero-order valence-electron chi connectivity index (χ0n) is 9.50. The Kier molecular flexibility index (Phi) is 3.51. The van der Waals surface area contributed by atoms with Crippen molar-refractivity contribution in [3.63, 3.8) is 0 Å². The smallest absolute Gasteiger partial charge is 0.395 e. The van der Waals surface area contributed by atoms with Crippen LogP contribution in [-0.4, -0.2) is 14.9 Å². The number of hydrogen-bond donors (Lipinski definition) is 1. The summed E-state index contributed by atoms with van der Waals surface area (Å²) in [4.78, 5) is 26.7. The van der Waals surface area contributed by atoms with E-state index in [1.54, 1.807) is 6.07 Å². The summed E-state index contributed by atoms with van der Waals surface area (Å²) in [6.45, 7) is -0.260. The van der Waals surface area contributed by atoms with E-state index in [-0.39, 0.29) is 12.2 Å². The Morgan fingerprint density at radius 3 is 2.84 bits per heavy atom. The first-order valence-electron chi connectivity index (χ1n) is 5.18. The fourth-order valence-electron chi connectivity index (χ4n) is 1.40. The first-order valence-corrected chi connectivity index (χ1v) is 5.18. The molecule has 0 saturated heterocycles. The number of H-pyrrole nitrogens is 1. The molecule has 19 heavy (non-hydrogen) atoms. The second kappa shape index (κ2) is 5.25. The van der Waals surface area contributed by atoms with E-state index in [0.717, 1.165) is 6.33 Å². The molecule has 0 bridgehead atoms. The molecule has 98 valence electrons. The van der Waals surface area contributed by atoms with Gasteiger partial charge in [0.05, 0.1) is 11.3 Å². The summed E-state index contributed by atoms with van der Waals surface area (Å²) in [5.41, 5.74) is -1.53. The fourth-order valence-corrected chi connectivity index (χ4v) is 1.40. The Bertz CT molecular complexity index is 671. The quantitative estimate of drug-likeness (QED) is 0.665. The van der Waals surface area contributed by atoms with Crippen molar-refractivity contribution in [1.82, 2.24) is 9.97 Å². The molecule has 0 radical (unpaired) electrons. The lowest BCUT2D eigenvalue weighted by molar-refractivity contribution is -0.387.